The summed E-state index contributed by atoms with van der Waals surface area (Å²) in [6, 6.07) is 2.47. The van der Waals surface area contributed by atoms with Crippen molar-refractivity contribution in [1.29, 1.82) is 0 Å². The number of urea groups is 1. The van der Waals surface area contributed by atoms with Crippen LogP contribution < -0.4 is 0 Å². The van der Waals surface area contributed by atoms with Gasteiger partial charge in [0.25, 0.3) is 0 Å². The van der Waals surface area contributed by atoms with Crippen LogP contribution >= 0.6 is 11.3 Å². The van der Waals surface area contributed by atoms with Gasteiger partial charge in [0.15, 0.2) is 0 Å². The van der Waals surface area contributed by atoms with Crippen LogP contribution in [0.5, 0.6) is 0 Å². The molecule has 0 saturated heterocycles. The second-order valence-corrected chi connectivity index (χ2v) is 5.10. The van der Waals surface area contributed by atoms with Crippen molar-refractivity contribution in [2.24, 2.45) is 0 Å². The highest BCUT2D eigenvalue weighted by molar-refractivity contribution is 7.10. The molecule has 0 aromatic carbocycles. The fraction of sp³-hybridized carbons (Fsp3) is 0.545. The highest BCUT2D eigenvalue weighted by Gasteiger charge is 2.28. The van der Waals surface area contributed by atoms with E-state index in [-0.39, 0.29) is 12.1 Å². The van der Waals surface area contributed by atoms with Crippen molar-refractivity contribution < 1.29 is 4.79 Å². The number of fused-ring (bicyclic) bond motifs is 1. The van der Waals surface area contributed by atoms with Crippen molar-refractivity contribution in [3.05, 3.63) is 21.9 Å². The molecule has 1 aliphatic heterocycles. The minimum absolute atomic E-state index is 0.111. The van der Waals surface area contributed by atoms with E-state index < -0.39 is 0 Å². The number of hydrogen-bond donors (Lipinski definition) is 0. The maximum Gasteiger partial charge on any atom is 0.319 e. The normalized spacial score (nSPS) is 19.9. The average Bonchev–Trinajstić information content (AvgIpc) is 2.66. The molecule has 1 unspecified atom stereocenters. The van der Waals surface area contributed by atoms with Crippen LogP contribution in [0.4, 0.5) is 4.79 Å². The van der Waals surface area contributed by atoms with Gasteiger partial charge in [-0.05, 0) is 30.4 Å². The predicted molar refractivity (Wildman–Crippen MR) is 62.2 cm³/mol. The molecule has 1 aromatic heterocycles. The van der Waals surface area contributed by atoms with Gasteiger partial charge in [0.2, 0.25) is 0 Å². The van der Waals surface area contributed by atoms with Crippen molar-refractivity contribution in [3.8, 4) is 0 Å². The molecule has 2 rings (SSSR count). The monoisotopic (exact) mass is 224 g/mol. The van der Waals surface area contributed by atoms with Gasteiger partial charge in [0.1, 0.15) is 0 Å². The molecule has 1 aliphatic rings. The van der Waals surface area contributed by atoms with Crippen molar-refractivity contribution in [2.75, 3.05) is 20.6 Å². The van der Waals surface area contributed by atoms with Gasteiger partial charge in [-0.15, -0.1) is 11.3 Å². The first-order valence-corrected chi connectivity index (χ1v) is 6.03. The Kier molecular flexibility index (Phi) is 2.69. The standard InChI is InChI=1S/C11H16N2OS/c1-8-9-5-7-15-10(9)4-6-13(8)11(14)12(2)3/h5,7-8H,4,6H2,1-3H3. The third kappa shape index (κ3) is 1.74. The summed E-state index contributed by atoms with van der Waals surface area (Å²) in [5, 5.41) is 2.12. The number of hydrogen-bond acceptors (Lipinski definition) is 2. The SMILES string of the molecule is CC1c2ccsc2CCN1C(=O)N(C)C. The third-order valence-electron chi connectivity index (χ3n) is 2.91. The van der Waals surface area contributed by atoms with Gasteiger partial charge in [-0.2, -0.15) is 0 Å². The van der Waals surface area contributed by atoms with E-state index in [0.29, 0.717) is 0 Å². The van der Waals surface area contributed by atoms with Gasteiger partial charge in [-0.25, -0.2) is 4.79 Å². The van der Waals surface area contributed by atoms with Crippen LogP contribution in [0.25, 0.3) is 0 Å². The largest absolute Gasteiger partial charge is 0.331 e. The molecule has 1 atom stereocenters. The Morgan fingerprint density at radius 3 is 3.00 bits per heavy atom. The summed E-state index contributed by atoms with van der Waals surface area (Å²) >= 11 is 1.80. The molecule has 2 heterocycles. The van der Waals surface area contributed by atoms with Crippen molar-refractivity contribution in [3.63, 3.8) is 0 Å². The average molecular weight is 224 g/mol. The fourth-order valence-electron chi connectivity index (χ4n) is 2.03. The first kappa shape index (κ1) is 10.5. The molecule has 0 N–H and O–H groups in total. The molecule has 2 amide bonds. The van der Waals surface area contributed by atoms with Gasteiger partial charge in [-0.1, -0.05) is 0 Å². The number of nitrogens with zero attached hydrogens (tertiary/aromatic N) is 2. The predicted octanol–water partition coefficient (Wildman–Crippen LogP) is 2.35. The molecule has 4 heteroatoms. The molecule has 0 radical (unpaired) electrons. The van der Waals surface area contributed by atoms with E-state index in [9.17, 15) is 4.79 Å². The lowest BCUT2D eigenvalue weighted by Crippen LogP contribution is -2.43. The first-order chi connectivity index (χ1) is 7.11. The third-order valence-corrected chi connectivity index (χ3v) is 3.90. The molecule has 0 spiro atoms. The van der Waals surface area contributed by atoms with Crippen LogP contribution in [0.1, 0.15) is 23.4 Å². The van der Waals surface area contributed by atoms with Crippen molar-refractivity contribution in [2.45, 2.75) is 19.4 Å². The van der Waals surface area contributed by atoms with Gasteiger partial charge in [0.05, 0.1) is 6.04 Å². The van der Waals surface area contributed by atoms with Gasteiger partial charge in [-0.3, -0.25) is 0 Å². The second kappa shape index (κ2) is 3.85. The number of carbonyl (C=O) groups excluding carboxylic acids is 1. The van der Waals surface area contributed by atoms with E-state index in [0.717, 1.165) is 13.0 Å². The van der Waals surface area contributed by atoms with Crippen molar-refractivity contribution in [1.82, 2.24) is 9.80 Å². The Bertz CT molecular complexity index is 372. The molecule has 82 valence electrons. The summed E-state index contributed by atoms with van der Waals surface area (Å²) in [6.07, 6.45) is 0.997. The minimum Gasteiger partial charge on any atom is -0.331 e. The molecule has 0 saturated carbocycles. The van der Waals surface area contributed by atoms with E-state index >= 15 is 0 Å². The van der Waals surface area contributed by atoms with E-state index in [1.165, 1.54) is 10.4 Å². The van der Waals surface area contributed by atoms with Crippen LogP contribution in [0.2, 0.25) is 0 Å². The van der Waals surface area contributed by atoms with E-state index in [4.69, 9.17) is 0 Å². The summed E-state index contributed by atoms with van der Waals surface area (Å²) in [5.41, 5.74) is 1.32. The van der Waals surface area contributed by atoms with Crippen molar-refractivity contribution >= 4 is 17.4 Å². The van der Waals surface area contributed by atoms with Crippen LogP contribution in [0.15, 0.2) is 11.4 Å². The smallest absolute Gasteiger partial charge is 0.319 e. The molecule has 0 aliphatic carbocycles. The molecular weight excluding hydrogens is 208 g/mol. The number of amides is 2. The Morgan fingerprint density at radius 2 is 2.33 bits per heavy atom. The minimum atomic E-state index is 0.111. The highest BCUT2D eigenvalue weighted by atomic mass is 32.1. The number of rotatable bonds is 0. The molecule has 1 aromatic rings. The summed E-state index contributed by atoms with van der Waals surface area (Å²) in [7, 11) is 3.61. The number of thiophene rings is 1. The van der Waals surface area contributed by atoms with Crippen LogP contribution in [-0.2, 0) is 6.42 Å². The molecule has 0 fully saturated rings. The summed E-state index contributed by atoms with van der Waals surface area (Å²) in [4.78, 5) is 16.9. The lowest BCUT2D eigenvalue weighted by molar-refractivity contribution is 0.150. The maximum atomic E-state index is 11.9. The van der Waals surface area contributed by atoms with E-state index in [1.807, 2.05) is 4.90 Å². The maximum absolute atomic E-state index is 11.9. The Labute approximate surface area is 94.3 Å². The summed E-state index contributed by atoms with van der Waals surface area (Å²) in [6.45, 7) is 2.94. The number of carbonyl (C=O) groups is 1. The lowest BCUT2D eigenvalue weighted by Gasteiger charge is -2.35. The molecular formula is C11H16N2OS. The zero-order chi connectivity index (χ0) is 11.0. The van der Waals surface area contributed by atoms with E-state index in [2.05, 4.69) is 18.4 Å². The van der Waals surface area contributed by atoms with Crippen LogP contribution in [0.3, 0.4) is 0 Å². The zero-order valence-electron chi connectivity index (χ0n) is 9.36. The van der Waals surface area contributed by atoms with Gasteiger partial charge in [0, 0.05) is 25.5 Å². The molecule has 15 heavy (non-hydrogen) atoms. The Balaban J connectivity index is 2.23. The Morgan fingerprint density at radius 1 is 1.60 bits per heavy atom. The van der Waals surface area contributed by atoms with Crippen LogP contribution in [0, 0.1) is 0 Å². The zero-order valence-corrected chi connectivity index (χ0v) is 10.2. The fourth-order valence-corrected chi connectivity index (χ4v) is 2.99. The van der Waals surface area contributed by atoms with E-state index in [1.54, 1.807) is 30.3 Å². The first-order valence-electron chi connectivity index (χ1n) is 5.15. The quantitative estimate of drug-likeness (QED) is 0.663. The summed E-state index contributed by atoms with van der Waals surface area (Å²) < 4.78 is 0. The molecule has 0 bridgehead atoms. The highest BCUT2D eigenvalue weighted by Crippen LogP contribution is 2.32. The molecule has 3 nitrogen and oxygen atoms in total. The summed E-state index contributed by atoms with van der Waals surface area (Å²) in [5.74, 6) is 0. The lowest BCUT2D eigenvalue weighted by atomic mass is 10.0. The van der Waals surface area contributed by atoms with Gasteiger partial charge >= 0.3 is 6.03 Å². The van der Waals surface area contributed by atoms with Gasteiger partial charge < -0.3 is 9.80 Å². The topological polar surface area (TPSA) is 23.6 Å². The van der Waals surface area contributed by atoms with Crippen LogP contribution in [-0.4, -0.2) is 36.5 Å². The Hall–Kier alpha value is -1.03. The second-order valence-electron chi connectivity index (χ2n) is 4.10.